The molecule has 0 amide bonds. The number of ether oxygens (including phenoxy) is 2. The highest BCUT2D eigenvalue weighted by atomic mass is 16.8. The van der Waals surface area contributed by atoms with Crippen LogP contribution >= 0.6 is 0 Å². The second-order valence-corrected chi connectivity index (χ2v) is 2.04. The van der Waals surface area contributed by atoms with Gasteiger partial charge in [0.25, 0.3) is 11.7 Å². The minimum atomic E-state index is -1.95. The van der Waals surface area contributed by atoms with Gasteiger partial charge in [-0.25, -0.2) is 4.79 Å². The molecule has 7 nitrogen and oxygen atoms in total. The molecule has 7 heteroatoms. The van der Waals surface area contributed by atoms with Gasteiger partial charge in [0.2, 0.25) is 0 Å². The van der Waals surface area contributed by atoms with E-state index in [4.69, 9.17) is 22.9 Å². The largest absolute Gasteiger partial charge is 0.514 e. The van der Waals surface area contributed by atoms with Crippen molar-refractivity contribution in [2.45, 2.75) is 11.7 Å². The third kappa shape index (κ3) is 0.809. The zero-order valence-electron chi connectivity index (χ0n) is 5.03. The number of hydrogen-bond acceptors (Lipinski definition) is 7. The minimum Gasteiger partial charge on any atom is -0.391 e. The molecule has 0 unspecified atom stereocenters. The minimum absolute atomic E-state index is 1.07. The molecule has 0 bridgehead atoms. The maximum Gasteiger partial charge on any atom is 0.514 e. The summed E-state index contributed by atoms with van der Waals surface area (Å²) in [5, 5.41) is 0. The summed E-state index contributed by atoms with van der Waals surface area (Å²) < 4.78 is 8.42. The second-order valence-electron chi connectivity index (χ2n) is 2.04. The van der Waals surface area contributed by atoms with Gasteiger partial charge in [-0.15, -0.1) is 0 Å². The third-order valence-electron chi connectivity index (χ3n) is 1.12. The van der Waals surface area contributed by atoms with Gasteiger partial charge in [-0.1, -0.05) is 0 Å². The number of nitrogens with two attached hydrogens (primary N) is 4. The fourth-order valence-electron chi connectivity index (χ4n) is 0.456. The molecule has 1 fully saturated rings. The van der Waals surface area contributed by atoms with Gasteiger partial charge < -0.3 is 9.47 Å². The number of hydrogen-bond donors (Lipinski definition) is 4. The lowest BCUT2D eigenvalue weighted by Gasteiger charge is -2.26. The molecule has 0 aliphatic carbocycles. The van der Waals surface area contributed by atoms with Crippen LogP contribution in [0.3, 0.4) is 0 Å². The third-order valence-corrected chi connectivity index (χ3v) is 1.12. The van der Waals surface area contributed by atoms with E-state index in [1.807, 2.05) is 0 Å². The number of carbonyl (C=O) groups is 1. The molecule has 0 aromatic rings. The molecule has 0 aromatic carbocycles. The summed E-state index contributed by atoms with van der Waals surface area (Å²) in [6.07, 6.45) is -1.07. The summed E-state index contributed by atoms with van der Waals surface area (Å²) >= 11 is 0. The molecule has 0 aromatic heterocycles. The molecular weight excluding hydrogens is 140 g/mol. The van der Waals surface area contributed by atoms with Crippen LogP contribution < -0.4 is 22.9 Å². The van der Waals surface area contributed by atoms with Gasteiger partial charge in [-0.2, -0.15) is 0 Å². The van der Waals surface area contributed by atoms with E-state index >= 15 is 0 Å². The van der Waals surface area contributed by atoms with Gasteiger partial charge in [0.05, 0.1) is 0 Å². The lowest BCUT2D eigenvalue weighted by molar-refractivity contribution is -0.0328. The first-order valence-electron chi connectivity index (χ1n) is 2.43. The van der Waals surface area contributed by atoms with Crippen LogP contribution in [-0.4, -0.2) is 17.9 Å². The average molecular weight is 148 g/mol. The first kappa shape index (κ1) is 7.22. The molecule has 10 heavy (non-hydrogen) atoms. The van der Waals surface area contributed by atoms with Crippen molar-refractivity contribution in [3.63, 3.8) is 0 Å². The average Bonchev–Trinajstić information content (AvgIpc) is 1.73. The zero-order valence-corrected chi connectivity index (χ0v) is 5.03. The predicted octanol–water partition coefficient (Wildman–Crippen LogP) is -2.70. The van der Waals surface area contributed by atoms with Crippen molar-refractivity contribution in [2.75, 3.05) is 0 Å². The summed E-state index contributed by atoms with van der Waals surface area (Å²) in [5.41, 5.74) is 20.4. The smallest absolute Gasteiger partial charge is 0.391 e. The molecule has 0 radical (unpaired) electrons. The Morgan fingerprint density at radius 3 is 1.40 bits per heavy atom. The van der Waals surface area contributed by atoms with E-state index in [0.717, 1.165) is 0 Å². The SMILES string of the molecule is NC1(N)OC(=O)OC1(N)N. The summed E-state index contributed by atoms with van der Waals surface area (Å²) in [5.74, 6) is -3.91. The maximum absolute atomic E-state index is 10.3. The van der Waals surface area contributed by atoms with Crippen LogP contribution in [0.2, 0.25) is 0 Å². The van der Waals surface area contributed by atoms with Crippen molar-refractivity contribution < 1.29 is 14.3 Å². The monoisotopic (exact) mass is 148 g/mol. The molecule has 8 N–H and O–H groups in total. The topological polar surface area (TPSA) is 140 Å². The van der Waals surface area contributed by atoms with Gasteiger partial charge in [-0.05, 0) is 0 Å². The van der Waals surface area contributed by atoms with Crippen molar-refractivity contribution >= 4 is 6.16 Å². The molecule has 1 aliphatic rings. The summed E-state index contributed by atoms with van der Waals surface area (Å²) in [7, 11) is 0. The molecule has 0 saturated carbocycles. The Morgan fingerprint density at radius 1 is 1.00 bits per heavy atom. The second kappa shape index (κ2) is 1.58. The van der Waals surface area contributed by atoms with Crippen LogP contribution in [0.1, 0.15) is 0 Å². The Bertz CT molecular complexity index is 159. The van der Waals surface area contributed by atoms with Crippen molar-refractivity contribution in [3.8, 4) is 0 Å². The Morgan fingerprint density at radius 2 is 1.30 bits per heavy atom. The van der Waals surface area contributed by atoms with Crippen LogP contribution in [0.15, 0.2) is 0 Å². The van der Waals surface area contributed by atoms with E-state index in [1.165, 1.54) is 0 Å². The highest BCUT2D eigenvalue weighted by Crippen LogP contribution is 2.18. The maximum atomic E-state index is 10.3. The summed E-state index contributed by atoms with van der Waals surface area (Å²) in [4.78, 5) is 10.3. The number of cyclic esters (lactones) is 2. The molecule has 1 aliphatic heterocycles. The lowest BCUT2D eigenvalue weighted by Crippen LogP contribution is -2.74. The van der Waals surface area contributed by atoms with Gasteiger partial charge in [-0.3, -0.25) is 22.9 Å². The highest BCUT2D eigenvalue weighted by Gasteiger charge is 2.54. The van der Waals surface area contributed by atoms with Crippen LogP contribution in [-0.2, 0) is 9.47 Å². The van der Waals surface area contributed by atoms with Crippen molar-refractivity contribution in [1.82, 2.24) is 0 Å². The first-order valence-corrected chi connectivity index (χ1v) is 2.43. The van der Waals surface area contributed by atoms with E-state index in [-0.39, 0.29) is 0 Å². The van der Waals surface area contributed by atoms with Crippen LogP contribution in [0.5, 0.6) is 0 Å². The Hall–Kier alpha value is -0.890. The van der Waals surface area contributed by atoms with Crippen LogP contribution in [0.4, 0.5) is 4.79 Å². The lowest BCUT2D eigenvalue weighted by atomic mass is 10.3. The standard InChI is InChI=1S/C3H8N4O3/c4-2(5)3(6,7)10-1(8)9-2/h4-7H2. The summed E-state index contributed by atoms with van der Waals surface area (Å²) in [6, 6.07) is 0. The molecular formula is C3H8N4O3. The Kier molecular flexibility index (Phi) is 1.14. The Balaban J connectivity index is 2.88. The first-order chi connectivity index (χ1) is 4.35. The molecule has 1 saturated heterocycles. The van der Waals surface area contributed by atoms with E-state index in [0.29, 0.717) is 0 Å². The van der Waals surface area contributed by atoms with E-state index < -0.39 is 17.9 Å². The molecule has 1 rings (SSSR count). The fraction of sp³-hybridized carbons (Fsp3) is 0.667. The Labute approximate surface area is 56.2 Å². The fourth-order valence-corrected chi connectivity index (χ4v) is 0.456. The van der Waals surface area contributed by atoms with Crippen molar-refractivity contribution in [1.29, 1.82) is 0 Å². The normalized spacial score (nSPS) is 27.4. The summed E-state index contributed by atoms with van der Waals surface area (Å²) in [6.45, 7) is 0. The molecule has 0 atom stereocenters. The van der Waals surface area contributed by atoms with Gasteiger partial charge in [0.15, 0.2) is 0 Å². The van der Waals surface area contributed by atoms with Crippen molar-refractivity contribution in [3.05, 3.63) is 0 Å². The molecule has 1 heterocycles. The van der Waals surface area contributed by atoms with Gasteiger partial charge >= 0.3 is 6.16 Å². The zero-order chi connectivity index (χ0) is 7.99. The predicted molar refractivity (Wildman–Crippen MR) is 29.8 cm³/mol. The molecule has 58 valence electrons. The van der Waals surface area contributed by atoms with E-state index in [9.17, 15) is 4.79 Å². The van der Waals surface area contributed by atoms with Gasteiger partial charge in [0.1, 0.15) is 0 Å². The molecule has 0 spiro atoms. The quantitative estimate of drug-likeness (QED) is 0.216. The number of carbonyl (C=O) groups excluding carboxylic acids is 1. The van der Waals surface area contributed by atoms with Gasteiger partial charge in [0, 0.05) is 0 Å². The van der Waals surface area contributed by atoms with E-state index in [1.54, 1.807) is 0 Å². The van der Waals surface area contributed by atoms with Crippen LogP contribution in [0, 0.1) is 0 Å². The highest BCUT2D eigenvalue weighted by molar-refractivity contribution is 5.63. The van der Waals surface area contributed by atoms with Crippen LogP contribution in [0.25, 0.3) is 0 Å². The van der Waals surface area contributed by atoms with Crippen molar-refractivity contribution in [2.24, 2.45) is 22.9 Å². The van der Waals surface area contributed by atoms with E-state index in [2.05, 4.69) is 9.47 Å². The number of rotatable bonds is 0.